The fourth-order valence-electron chi connectivity index (χ4n) is 3.11. The smallest absolute Gasteiger partial charge is 0.258 e. The van der Waals surface area contributed by atoms with Crippen molar-refractivity contribution in [2.45, 2.75) is 32.3 Å². The molecule has 1 fully saturated rings. The average Bonchev–Trinajstić information content (AvgIpc) is 3.26. The largest absolute Gasteiger partial charge is 0.497 e. The second kappa shape index (κ2) is 9.90. The van der Waals surface area contributed by atoms with Gasteiger partial charge in [0.1, 0.15) is 5.75 Å². The van der Waals surface area contributed by atoms with Crippen molar-refractivity contribution in [2.75, 3.05) is 25.6 Å². The third-order valence-electron chi connectivity index (χ3n) is 4.69. The van der Waals surface area contributed by atoms with Gasteiger partial charge in [-0.3, -0.25) is 10.1 Å². The number of rotatable bonds is 6. The van der Waals surface area contributed by atoms with E-state index in [1.807, 2.05) is 18.2 Å². The van der Waals surface area contributed by atoms with Gasteiger partial charge >= 0.3 is 0 Å². The number of guanidine groups is 1. The molecule has 1 unspecified atom stereocenters. The number of ether oxygens (including phenoxy) is 2. The molecule has 6 heteroatoms. The number of aryl methyl sites for hydroxylation is 1. The molecule has 0 saturated carbocycles. The summed E-state index contributed by atoms with van der Waals surface area (Å²) in [5.74, 6) is 0.811. The van der Waals surface area contributed by atoms with Crippen LogP contribution in [0, 0.1) is 0 Å². The van der Waals surface area contributed by atoms with Gasteiger partial charge in [0, 0.05) is 17.9 Å². The maximum Gasteiger partial charge on any atom is 0.258 e. The highest BCUT2D eigenvalue weighted by Gasteiger charge is 2.16. The fourth-order valence-corrected chi connectivity index (χ4v) is 3.11. The monoisotopic (exact) mass is 381 g/mol. The SMILES string of the molecule is CCc1ccccc1NC(=NCC1CCCO1)NC(=O)c1cccc(OC)c1. The van der Waals surface area contributed by atoms with Gasteiger partial charge in [0.2, 0.25) is 5.96 Å². The number of amides is 1. The van der Waals surface area contributed by atoms with Gasteiger partial charge in [-0.1, -0.05) is 31.2 Å². The zero-order valence-corrected chi connectivity index (χ0v) is 16.4. The lowest BCUT2D eigenvalue weighted by atomic mass is 10.1. The first-order valence-electron chi connectivity index (χ1n) is 9.66. The molecular weight excluding hydrogens is 354 g/mol. The molecule has 0 bridgehead atoms. The minimum atomic E-state index is -0.244. The Morgan fingerprint density at radius 1 is 1.25 bits per heavy atom. The number of anilines is 1. The van der Waals surface area contributed by atoms with Crippen LogP contribution >= 0.6 is 0 Å². The van der Waals surface area contributed by atoms with Gasteiger partial charge in [-0.15, -0.1) is 0 Å². The Bertz CT molecular complexity index is 829. The molecule has 2 aromatic carbocycles. The van der Waals surface area contributed by atoms with E-state index in [2.05, 4.69) is 28.6 Å². The van der Waals surface area contributed by atoms with Crippen molar-refractivity contribution in [2.24, 2.45) is 4.99 Å². The van der Waals surface area contributed by atoms with Crippen LogP contribution in [0.25, 0.3) is 0 Å². The number of benzene rings is 2. The van der Waals surface area contributed by atoms with Gasteiger partial charge in [0.25, 0.3) is 5.91 Å². The molecule has 0 radical (unpaired) electrons. The van der Waals surface area contributed by atoms with Crippen molar-refractivity contribution >= 4 is 17.6 Å². The molecule has 3 rings (SSSR count). The van der Waals surface area contributed by atoms with Crippen LogP contribution in [-0.2, 0) is 11.2 Å². The Morgan fingerprint density at radius 3 is 2.86 bits per heavy atom. The van der Waals surface area contributed by atoms with Gasteiger partial charge < -0.3 is 14.8 Å². The van der Waals surface area contributed by atoms with Crippen molar-refractivity contribution in [3.63, 3.8) is 0 Å². The number of nitrogens with zero attached hydrogens (tertiary/aromatic N) is 1. The van der Waals surface area contributed by atoms with Gasteiger partial charge in [-0.05, 0) is 49.1 Å². The second-order valence-corrected chi connectivity index (χ2v) is 6.65. The Kier molecular flexibility index (Phi) is 7.03. The number of nitrogens with one attached hydrogen (secondary N) is 2. The molecule has 1 amide bonds. The topological polar surface area (TPSA) is 72.0 Å². The molecule has 1 atom stereocenters. The summed E-state index contributed by atoms with van der Waals surface area (Å²) >= 11 is 0. The molecule has 2 aromatic rings. The number of carbonyl (C=O) groups excluding carboxylic acids is 1. The van der Waals surface area contributed by atoms with E-state index >= 15 is 0 Å². The number of carbonyl (C=O) groups is 1. The van der Waals surface area contributed by atoms with E-state index < -0.39 is 0 Å². The van der Waals surface area contributed by atoms with E-state index in [1.165, 1.54) is 0 Å². The lowest BCUT2D eigenvalue weighted by Gasteiger charge is -2.15. The van der Waals surface area contributed by atoms with Crippen molar-refractivity contribution in [1.29, 1.82) is 0 Å². The molecule has 1 aliphatic heterocycles. The molecule has 28 heavy (non-hydrogen) atoms. The van der Waals surface area contributed by atoms with Crippen LogP contribution in [0.3, 0.4) is 0 Å². The van der Waals surface area contributed by atoms with Gasteiger partial charge in [-0.25, -0.2) is 4.99 Å². The minimum absolute atomic E-state index is 0.104. The van der Waals surface area contributed by atoms with Crippen LogP contribution in [0.5, 0.6) is 5.75 Å². The summed E-state index contributed by atoms with van der Waals surface area (Å²) in [6.45, 7) is 3.38. The second-order valence-electron chi connectivity index (χ2n) is 6.65. The van der Waals surface area contributed by atoms with Gasteiger partial charge in [0.05, 0.1) is 19.8 Å². The standard InChI is InChI=1S/C22H27N3O3/c1-3-16-8-4-5-12-20(16)24-22(23-15-19-11-7-13-28-19)25-21(26)17-9-6-10-18(14-17)27-2/h4-6,8-10,12,14,19H,3,7,11,13,15H2,1-2H3,(H2,23,24,25,26). The number of methoxy groups -OCH3 is 1. The van der Waals surface area contributed by atoms with E-state index in [0.717, 1.165) is 37.1 Å². The van der Waals surface area contributed by atoms with Crippen LogP contribution in [0.4, 0.5) is 5.69 Å². The Hall–Kier alpha value is -2.86. The molecular formula is C22H27N3O3. The molecule has 2 N–H and O–H groups in total. The van der Waals surface area contributed by atoms with E-state index in [4.69, 9.17) is 9.47 Å². The zero-order valence-electron chi connectivity index (χ0n) is 16.4. The first-order chi connectivity index (χ1) is 13.7. The summed E-state index contributed by atoms with van der Waals surface area (Å²) in [7, 11) is 1.58. The fraction of sp³-hybridized carbons (Fsp3) is 0.364. The summed E-state index contributed by atoms with van der Waals surface area (Å²) in [5, 5.41) is 6.18. The normalized spacial score (nSPS) is 16.6. The predicted molar refractivity (Wildman–Crippen MR) is 111 cm³/mol. The number of aliphatic imine (C=N–C) groups is 1. The molecule has 0 aliphatic carbocycles. The van der Waals surface area contributed by atoms with Crippen LogP contribution in [-0.4, -0.2) is 38.2 Å². The maximum absolute atomic E-state index is 12.7. The van der Waals surface area contributed by atoms with E-state index in [0.29, 0.717) is 23.8 Å². The Labute approximate surface area is 166 Å². The number of hydrogen-bond donors (Lipinski definition) is 2. The van der Waals surface area contributed by atoms with Crippen LogP contribution in [0.2, 0.25) is 0 Å². The quantitative estimate of drug-likeness (QED) is 0.592. The van der Waals surface area contributed by atoms with E-state index in [1.54, 1.807) is 31.4 Å². The van der Waals surface area contributed by atoms with Crippen molar-refractivity contribution in [1.82, 2.24) is 5.32 Å². The number of hydrogen-bond acceptors (Lipinski definition) is 4. The molecule has 1 saturated heterocycles. The first kappa shape index (κ1) is 19.9. The van der Waals surface area contributed by atoms with Crippen LogP contribution in [0.15, 0.2) is 53.5 Å². The summed E-state index contributed by atoms with van der Waals surface area (Å²) in [4.78, 5) is 17.3. The molecule has 1 aliphatic rings. The summed E-state index contributed by atoms with van der Waals surface area (Å²) in [5.41, 5.74) is 2.60. The van der Waals surface area contributed by atoms with Crippen molar-refractivity contribution in [3.05, 3.63) is 59.7 Å². The summed E-state index contributed by atoms with van der Waals surface area (Å²) in [6.07, 6.45) is 3.03. The van der Waals surface area contributed by atoms with Gasteiger partial charge in [-0.2, -0.15) is 0 Å². The van der Waals surface area contributed by atoms with Crippen molar-refractivity contribution < 1.29 is 14.3 Å². The molecule has 1 heterocycles. The minimum Gasteiger partial charge on any atom is -0.497 e. The molecule has 148 valence electrons. The highest BCUT2D eigenvalue weighted by Crippen LogP contribution is 2.17. The van der Waals surface area contributed by atoms with Crippen molar-refractivity contribution in [3.8, 4) is 5.75 Å². The predicted octanol–water partition coefficient (Wildman–Crippen LogP) is 3.63. The van der Waals surface area contributed by atoms with Crippen LogP contribution < -0.4 is 15.4 Å². The Balaban J connectivity index is 1.78. The molecule has 0 spiro atoms. The van der Waals surface area contributed by atoms with Crippen LogP contribution in [0.1, 0.15) is 35.7 Å². The number of para-hydroxylation sites is 1. The third kappa shape index (κ3) is 5.33. The highest BCUT2D eigenvalue weighted by atomic mass is 16.5. The zero-order chi connectivity index (χ0) is 19.8. The van der Waals surface area contributed by atoms with E-state index in [-0.39, 0.29) is 12.0 Å². The van der Waals surface area contributed by atoms with E-state index in [9.17, 15) is 4.79 Å². The third-order valence-corrected chi connectivity index (χ3v) is 4.69. The Morgan fingerprint density at radius 2 is 2.11 bits per heavy atom. The lowest BCUT2D eigenvalue weighted by Crippen LogP contribution is -2.37. The molecule has 6 nitrogen and oxygen atoms in total. The summed E-state index contributed by atoms with van der Waals surface area (Å²) in [6, 6.07) is 15.0. The maximum atomic E-state index is 12.7. The van der Waals surface area contributed by atoms with Gasteiger partial charge in [0.15, 0.2) is 0 Å². The highest BCUT2D eigenvalue weighted by molar-refractivity contribution is 6.10. The first-order valence-corrected chi connectivity index (χ1v) is 9.66. The molecule has 0 aromatic heterocycles. The average molecular weight is 381 g/mol. The summed E-state index contributed by atoms with van der Waals surface area (Å²) < 4.78 is 10.9. The lowest BCUT2D eigenvalue weighted by molar-refractivity contribution is 0.0975.